The van der Waals surface area contributed by atoms with Gasteiger partial charge < -0.3 is 15.7 Å². The molecule has 2 aromatic rings. The molecule has 5 heteroatoms. The van der Waals surface area contributed by atoms with Crippen LogP contribution >= 0.6 is 0 Å². The van der Waals surface area contributed by atoms with Crippen molar-refractivity contribution in [2.24, 2.45) is 5.92 Å². The van der Waals surface area contributed by atoms with Gasteiger partial charge in [-0.1, -0.05) is 38.1 Å². The number of anilines is 1. The predicted molar refractivity (Wildman–Crippen MR) is 98.5 cm³/mol. The molecule has 0 aliphatic heterocycles. The molecule has 0 saturated carbocycles. The van der Waals surface area contributed by atoms with Crippen molar-refractivity contribution < 1.29 is 14.7 Å². The summed E-state index contributed by atoms with van der Waals surface area (Å²) in [7, 11) is 0. The highest BCUT2D eigenvalue weighted by atomic mass is 16.4. The van der Waals surface area contributed by atoms with Crippen LogP contribution in [0.5, 0.6) is 0 Å². The zero-order valence-corrected chi connectivity index (χ0v) is 14.6. The van der Waals surface area contributed by atoms with Crippen molar-refractivity contribution >= 4 is 17.6 Å². The number of carbonyl (C=O) groups excluding carboxylic acids is 1. The first-order valence-corrected chi connectivity index (χ1v) is 8.36. The zero-order valence-electron chi connectivity index (χ0n) is 14.6. The van der Waals surface area contributed by atoms with E-state index in [0.717, 1.165) is 16.8 Å². The van der Waals surface area contributed by atoms with E-state index in [1.54, 1.807) is 24.3 Å². The lowest BCUT2D eigenvalue weighted by Gasteiger charge is -2.10. The first-order chi connectivity index (χ1) is 11.9. The molecular weight excluding hydrogens is 316 g/mol. The predicted octanol–water partition coefficient (Wildman–Crippen LogP) is 3.66. The molecule has 5 nitrogen and oxygen atoms in total. The molecule has 0 aliphatic rings. The van der Waals surface area contributed by atoms with Gasteiger partial charge in [0.1, 0.15) is 0 Å². The molecular formula is C20H24N2O3. The second-order valence-electron chi connectivity index (χ2n) is 6.45. The molecule has 0 spiro atoms. The number of hydrogen-bond acceptors (Lipinski definition) is 3. The van der Waals surface area contributed by atoms with E-state index in [0.29, 0.717) is 25.4 Å². The van der Waals surface area contributed by atoms with Crippen LogP contribution < -0.4 is 10.6 Å². The molecule has 0 aliphatic carbocycles. The summed E-state index contributed by atoms with van der Waals surface area (Å²) in [5.74, 6) is -0.563. The number of benzene rings is 2. The maximum atomic E-state index is 11.8. The van der Waals surface area contributed by atoms with E-state index < -0.39 is 5.97 Å². The van der Waals surface area contributed by atoms with E-state index in [4.69, 9.17) is 5.11 Å². The van der Waals surface area contributed by atoms with Gasteiger partial charge in [0, 0.05) is 25.2 Å². The van der Waals surface area contributed by atoms with Gasteiger partial charge in [-0.15, -0.1) is 0 Å². The number of aromatic carboxylic acids is 1. The molecule has 0 unspecified atom stereocenters. The normalized spacial score (nSPS) is 10.7. The Labute approximate surface area is 148 Å². The number of hydrogen-bond donors (Lipinski definition) is 3. The second-order valence-corrected chi connectivity index (χ2v) is 6.45. The summed E-state index contributed by atoms with van der Waals surface area (Å²) >= 11 is 0. The molecule has 0 radical (unpaired) electrons. The van der Waals surface area contributed by atoms with Gasteiger partial charge in [0.2, 0.25) is 5.91 Å². The standard InChI is InChI=1S/C20H24N2O3/c1-14(2)10-19(23)22-18-5-3-4-16(11-18)13-21-12-15-6-8-17(9-7-15)20(24)25/h3-9,11,14,21H,10,12-13H2,1-2H3,(H,22,23)(H,24,25). The minimum atomic E-state index is -0.921. The van der Waals surface area contributed by atoms with Crippen LogP contribution in [0, 0.1) is 5.92 Å². The van der Waals surface area contributed by atoms with Crippen LogP contribution in [0.15, 0.2) is 48.5 Å². The summed E-state index contributed by atoms with van der Waals surface area (Å²) in [6, 6.07) is 14.6. The van der Waals surface area contributed by atoms with Crippen molar-refractivity contribution in [3.8, 4) is 0 Å². The topological polar surface area (TPSA) is 78.4 Å². The number of carboxylic acids is 1. The lowest BCUT2D eigenvalue weighted by atomic mass is 10.1. The van der Waals surface area contributed by atoms with Crippen LogP contribution in [0.25, 0.3) is 0 Å². The summed E-state index contributed by atoms with van der Waals surface area (Å²) in [6.45, 7) is 5.34. The fraction of sp³-hybridized carbons (Fsp3) is 0.300. The van der Waals surface area contributed by atoms with Gasteiger partial charge in [0.05, 0.1) is 5.56 Å². The Morgan fingerprint density at radius 1 is 1.00 bits per heavy atom. The van der Waals surface area contributed by atoms with E-state index >= 15 is 0 Å². The third-order valence-electron chi connectivity index (χ3n) is 3.66. The molecule has 0 aromatic heterocycles. The fourth-order valence-corrected chi connectivity index (χ4v) is 2.46. The maximum Gasteiger partial charge on any atom is 0.335 e. The molecule has 25 heavy (non-hydrogen) atoms. The minimum Gasteiger partial charge on any atom is -0.478 e. The second kappa shape index (κ2) is 8.99. The van der Waals surface area contributed by atoms with E-state index in [1.807, 2.05) is 38.1 Å². The molecule has 0 atom stereocenters. The highest BCUT2D eigenvalue weighted by Crippen LogP contribution is 2.12. The summed E-state index contributed by atoms with van der Waals surface area (Å²) < 4.78 is 0. The molecule has 0 heterocycles. The Morgan fingerprint density at radius 3 is 2.32 bits per heavy atom. The summed E-state index contributed by atoms with van der Waals surface area (Å²) in [4.78, 5) is 22.7. The quantitative estimate of drug-likeness (QED) is 0.685. The van der Waals surface area contributed by atoms with Gasteiger partial charge >= 0.3 is 5.97 Å². The van der Waals surface area contributed by atoms with Crippen LogP contribution in [-0.2, 0) is 17.9 Å². The monoisotopic (exact) mass is 340 g/mol. The van der Waals surface area contributed by atoms with Crippen LogP contribution in [-0.4, -0.2) is 17.0 Å². The van der Waals surface area contributed by atoms with E-state index in [-0.39, 0.29) is 11.5 Å². The Kier molecular flexibility index (Phi) is 6.71. The van der Waals surface area contributed by atoms with Gasteiger partial charge in [-0.2, -0.15) is 0 Å². The van der Waals surface area contributed by atoms with Crippen molar-refractivity contribution in [2.75, 3.05) is 5.32 Å². The number of nitrogens with one attached hydrogen (secondary N) is 2. The van der Waals surface area contributed by atoms with Gasteiger partial charge in [-0.05, 0) is 41.3 Å². The molecule has 2 rings (SSSR count). The van der Waals surface area contributed by atoms with Crippen molar-refractivity contribution in [1.82, 2.24) is 5.32 Å². The van der Waals surface area contributed by atoms with Crippen molar-refractivity contribution in [2.45, 2.75) is 33.4 Å². The Balaban J connectivity index is 1.85. The SMILES string of the molecule is CC(C)CC(=O)Nc1cccc(CNCc2ccc(C(=O)O)cc2)c1. The lowest BCUT2D eigenvalue weighted by Crippen LogP contribution is -2.15. The van der Waals surface area contributed by atoms with Gasteiger partial charge in [-0.25, -0.2) is 4.79 Å². The zero-order chi connectivity index (χ0) is 18.2. The van der Waals surface area contributed by atoms with Crippen LogP contribution in [0.1, 0.15) is 41.8 Å². The molecule has 3 N–H and O–H groups in total. The van der Waals surface area contributed by atoms with Crippen LogP contribution in [0.2, 0.25) is 0 Å². The van der Waals surface area contributed by atoms with Gasteiger partial charge in [0.15, 0.2) is 0 Å². The molecule has 2 aromatic carbocycles. The Morgan fingerprint density at radius 2 is 1.68 bits per heavy atom. The van der Waals surface area contributed by atoms with E-state index in [1.165, 1.54) is 0 Å². The van der Waals surface area contributed by atoms with E-state index in [9.17, 15) is 9.59 Å². The van der Waals surface area contributed by atoms with E-state index in [2.05, 4.69) is 10.6 Å². The molecule has 1 amide bonds. The maximum absolute atomic E-state index is 11.8. The minimum absolute atomic E-state index is 0.0265. The average molecular weight is 340 g/mol. The summed E-state index contributed by atoms with van der Waals surface area (Å²) in [5, 5.41) is 15.1. The third-order valence-corrected chi connectivity index (χ3v) is 3.66. The summed E-state index contributed by atoms with van der Waals surface area (Å²) in [6.07, 6.45) is 0.509. The first-order valence-electron chi connectivity index (χ1n) is 8.36. The Bertz CT molecular complexity index is 724. The smallest absolute Gasteiger partial charge is 0.335 e. The lowest BCUT2D eigenvalue weighted by molar-refractivity contribution is -0.116. The van der Waals surface area contributed by atoms with Crippen molar-refractivity contribution in [3.63, 3.8) is 0 Å². The molecule has 0 fully saturated rings. The number of carbonyl (C=O) groups is 2. The highest BCUT2D eigenvalue weighted by molar-refractivity contribution is 5.90. The molecule has 132 valence electrons. The molecule has 0 bridgehead atoms. The fourth-order valence-electron chi connectivity index (χ4n) is 2.46. The summed E-state index contributed by atoms with van der Waals surface area (Å²) in [5.41, 5.74) is 3.18. The number of rotatable bonds is 8. The van der Waals surface area contributed by atoms with Gasteiger partial charge in [-0.3, -0.25) is 4.79 Å². The molecule has 0 saturated heterocycles. The van der Waals surface area contributed by atoms with Crippen molar-refractivity contribution in [3.05, 3.63) is 65.2 Å². The number of amides is 1. The van der Waals surface area contributed by atoms with Gasteiger partial charge in [0.25, 0.3) is 0 Å². The van der Waals surface area contributed by atoms with Crippen LogP contribution in [0.3, 0.4) is 0 Å². The third kappa shape index (κ3) is 6.39. The first kappa shape index (κ1) is 18.7. The highest BCUT2D eigenvalue weighted by Gasteiger charge is 2.06. The average Bonchev–Trinajstić information content (AvgIpc) is 2.55. The van der Waals surface area contributed by atoms with Crippen LogP contribution in [0.4, 0.5) is 5.69 Å². The van der Waals surface area contributed by atoms with Crippen molar-refractivity contribution in [1.29, 1.82) is 0 Å². The largest absolute Gasteiger partial charge is 0.478 e. The Hall–Kier alpha value is -2.66. The number of carboxylic acid groups (broad SMARTS) is 1.